The average molecular weight is 101 g/mol. The lowest BCUT2D eigenvalue weighted by Crippen LogP contribution is -2.10. The Morgan fingerprint density at radius 3 is 2.29 bits per heavy atom. The van der Waals surface area contributed by atoms with Gasteiger partial charge in [-0.1, -0.05) is 0 Å². The molecular formula is C5H11NO. The number of likely N-dealkylation sites (N-methyl/N-ethyl adjacent to an activating group) is 1. The Kier molecular flexibility index (Phi) is 3.42. The molecule has 0 radical (unpaired) electrons. The van der Waals surface area contributed by atoms with Crippen molar-refractivity contribution in [3.63, 3.8) is 0 Å². The van der Waals surface area contributed by atoms with Crippen molar-refractivity contribution >= 4 is 0 Å². The standard InChI is InChI=1S/C5H11NO/c1-6(2)4-3-5-7/h3,5,7H,4H2,1-2H3. The largest absolute Gasteiger partial charge is 0.516 e. The molecule has 0 atom stereocenters. The van der Waals surface area contributed by atoms with Gasteiger partial charge < -0.3 is 10.0 Å². The average Bonchev–Trinajstić information content (AvgIpc) is 1.61. The van der Waals surface area contributed by atoms with Crippen LogP contribution in [0, 0.1) is 0 Å². The fourth-order valence-corrected chi connectivity index (χ4v) is 0.258. The van der Waals surface area contributed by atoms with Gasteiger partial charge in [0.25, 0.3) is 0 Å². The molecule has 7 heavy (non-hydrogen) atoms. The summed E-state index contributed by atoms with van der Waals surface area (Å²) in [5.41, 5.74) is 0. The summed E-state index contributed by atoms with van der Waals surface area (Å²) in [7, 11) is 3.89. The van der Waals surface area contributed by atoms with Gasteiger partial charge in [0.2, 0.25) is 0 Å². The van der Waals surface area contributed by atoms with E-state index < -0.39 is 0 Å². The monoisotopic (exact) mass is 101 g/mol. The Hall–Kier alpha value is -0.500. The highest BCUT2D eigenvalue weighted by atomic mass is 16.2. The maximum absolute atomic E-state index is 8.11. The summed E-state index contributed by atoms with van der Waals surface area (Å²) in [6.07, 6.45) is 2.74. The van der Waals surface area contributed by atoms with E-state index in [2.05, 4.69) is 0 Å². The molecule has 0 heterocycles. The summed E-state index contributed by atoms with van der Waals surface area (Å²) in [6, 6.07) is 0. The fourth-order valence-electron chi connectivity index (χ4n) is 0.258. The van der Waals surface area contributed by atoms with E-state index in [4.69, 9.17) is 5.11 Å². The van der Waals surface area contributed by atoms with E-state index in [1.54, 1.807) is 6.08 Å². The van der Waals surface area contributed by atoms with E-state index >= 15 is 0 Å². The molecule has 0 aliphatic rings. The van der Waals surface area contributed by atoms with E-state index in [1.165, 1.54) is 0 Å². The zero-order valence-electron chi connectivity index (χ0n) is 4.76. The minimum Gasteiger partial charge on any atom is -0.516 e. The topological polar surface area (TPSA) is 23.5 Å². The van der Waals surface area contributed by atoms with Gasteiger partial charge in [-0.05, 0) is 20.2 Å². The number of hydrogen-bond donors (Lipinski definition) is 1. The van der Waals surface area contributed by atoms with Gasteiger partial charge in [-0.2, -0.15) is 0 Å². The summed E-state index contributed by atoms with van der Waals surface area (Å²) < 4.78 is 0. The van der Waals surface area contributed by atoms with Crippen LogP contribution < -0.4 is 0 Å². The van der Waals surface area contributed by atoms with Gasteiger partial charge in [0.1, 0.15) is 0 Å². The van der Waals surface area contributed by atoms with Crippen LogP contribution in [0.2, 0.25) is 0 Å². The van der Waals surface area contributed by atoms with Crippen molar-refractivity contribution in [1.82, 2.24) is 4.90 Å². The van der Waals surface area contributed by atoms with Gasteiger partial charge in [-0.3, -0.25) is 0 Å². The van der Waals surface area contributed by atoms with E-state index in [-0.39, 0.29) is 0 Å². The molecular weight excluding hydrogens is 90.1 g/mol. The third-order valence-electron chi connectivity index (χ3n) is 0.576. The van der Waals surface area contributed by atoms with Gasteiger partial charge in [0.05, 0.1) is 6.26 Å². The quantitative estimate of drug-likeness (QED) is 0.515. The Morgan fingerprint density at radius 2 is 2.14 bits per heavy atom. The number of nitrogens with zero attached hydrogens (tertiary/aromatic N) is 1. The van der Waals surface area contributed by atoms with Gasteiger partial charge in [0, 0.05) is 6.54 Å². The van der Waals surface area contributed by atoms with Crippen molar-refractivity contribution in [1.29, 1.82) is 0 Å². The molecule has 2 heteroatoms. The van der Waals surface area contributed by atoms with E-state index in [0.29, 0.717) is 0 Å². The van der Waals surface area contributed by atoms with Gasteiger partial charge >= 0.3 is 0 Å². The zero-order chi connectivity index (χ0) is 5.70. The Balaban J connectivity index is 2.97. The molecule has 0 aromatic carbocycles. The molecule has 0 aromatic heterocycles. The van der Waals surface area contributed by atoms with Crippen LogP contribution in [0.4, 0.5) is 0 Å². The van der Waals surface area contributed by atoms with Crippen molar-refractivity contribution in [2.45, 2.75) is 0 Å². The Labute approximate surface area is 44.1 Å². The second-order valence-corrected chi connectivity index (χ2v) is 1.65. The SMILES string of the molecule is CN(C)CC=CO. The summed E-state index contributed by atoms with van der Waals surface area (Å²) in [5, 5.41) is 8.11. The molecule has 42 valence electrons. The molecule has 0 unspecified atom stereocenters. The summed E-state index contributed by atoms with van der Waals surface area (Å²) >= 11 is 0. The van der Waals surface area contributed by atoms with Crippen LogP contribution in [0.25, 0.3) is 0 Å². The van der Waals surface area contributed by atoms with Gasteiger partial charge in [0.15, 0.2) is 0 Å². The highest BCUT2D eigenvalue weighted by Gasteiger charge is 1.77. The third kappa shape index (κ3) is 5.50. The lowest BCUT2D eigenvalue weighted by molar-refractivity contribution is 0.435. The van der Waals surface area contributed by atoms with Crippen LogP contribution in [0.3, 0.4) is 0 Å². The van der Waals surface area contributed by atoms with Crippen molar-refractivity contribution in [3.05, 3.63) is 12.3 Å². The minimum absolute atomic E-state index is 0.802. The molecule has 2 nitrogen and oxygen atoms in total. The van der Waals surface area contributed by atoms with Crippen molar-refractivity contribution < 1.29 is 5.11 Å². The lowest BCUT2D eigenvalue weighted by atomic mass is 10.6. The maximum atomic E-state index is 8.11. The molecule has 0 fully saturated rings. The molecule has 0 amide bonds. The second kappa shape index (κ2) is 3.68. The van der Waals surface area contributed by atoms with E-state index in [0.717, 1.165) is 12.8 Å². The molecule has 0 aliphatic heterocycles. The summed E-state index contributed by atoms with van der Waals surface area (Å²) in [5.74, 6) is 0. The highest BCUT2D eigenvalue weighted by molar-refractivity contribution is 4.73. The molecule has 1 N–H and O–H groups in total. The van der Waals surface area contributed by atoms with E-state index in [1.807, 2.05) is 19.0 Å². The zero-order valence-corrected chi connectivity index (χ0v) is 4.76. The predicted octanol–water partition coefficient (Wildman–Crippen LogP) is 0.620. The second-order valence-electron chi connectivity index (χ2n) is 1.65. The van der Waals surface area contributed by atoms with Crippen LogP contribution in [-0.4, -0.2) is 30.6 Å². The minimum atomic E-state index is 0.802. The first-order valence-electron chi connectivity index (χ1n) is 2.21. The number of aliphatic hydroxyl groups is 1. The maximum Gasteiger partial charge on any atom is 0.0764 e. The first-order valence-corrected chi connectivity index (χ1v) is 2.21. The van der Waals surface area contributed by atoms with Crippen molar-refractivity contribution in [2.75, 3.05) is 20.6 Å². The smallest absolute Gasteiger partial charge is 0.0764 e. The van der Waals surface area contributed by atoms with Gasteiger partial charge in [-0.15, -0.1) is 0 Å². The highest BCUT2D eigenvalue weighted by Crippen LogP contribution is 1.72. The van der Waals surface area contributed by atoms with Crippen molar-refractivity contribution in [3.8, 4) is 0 Å². The summed E-state index contributed by atoms with van der Waals surface area (Å²) in [4.78, 5) is 1.96. The van der Waals surface area contributed by atoms with Crippen LogP contribution >= 0.6 is 0 Å². The number of hydrogen-bond acceptors (Lipinski definition) is 2. The molecule has 0 bridgehead atoms. The molecule has 0 rings (SSSR count). The Morgan fingerprint density at radius 1 is 1.57 bits per heavy atom. The van der Waals surface area contributed by atoms with Crippen molar-refractivity contribution in [2.24, 2.45) is 0 Å². The third-order valence-corrected chi connectivity index (χ3v) is 0.576. The molecule has 0 spiro atoms. The number of rotatable bonds is 2. The van der Waals surface area contributed by atoms with Crippen LogP contribution in [-0.2, 0) is 0 Å². The molecule has 0 saturated heterocycles. The first kappa shape index (κ1) is 6.50. The fraction of sp³-hybridized carbons (Fsp3) is 0.600. The normalized spacial score (nSPS) is 11.3. The predicted molar refractivity (Wildman–Crippen MR) is 30.3 cm³/mol. The van der Waals surface area contributed by atoms with Crippen LogP contribution in [0.15, 0.2) is 12.3 Å². The first-order chi connectivity index (χ1) is 3.27. The van der Waals surface area contributed by atoms with Crippen LogP contribution in [0.1, 0.15) is 0 Å². The molecule has 0 aliphatic carbocycles. The summed E-state index contributed by atoms with van der Waals surface area (Å²) in [6.45, 7) is 0.802. The van der Waals surface area contributed by atoms with Gasteiger partial charge in [-0.25, -0.2) is 0 Å². The number of aliphatic hydroxyl groups excluding tert-OH is 1. The Bertz CT molecular complexity index is 59.1. The molecule has 0 saturated carbocycles. The van der Waals surface area contributed by atoms with Crippen LogP contribution in [0.5, 0.6) is 0 Å². The van der Waals surface area contributed by atoms with E-state index in [9.17, 15) is 0 Å². The molecule has 0 aromatic rings. The lowest BCUT2D eigenvalue weighted by Gasteiger charge is -2.01.